The van der Waals surface area contributed by atoms with E-state index >= 15 is 0 Å². The van der Waals surface area contributed by atoms with Crippen LogP contribution in [0.3, 0.4) is 0 Å². The summed E-state index contributed by atoms with van der Waals surface area (Å²) in [5, 5.41) is -0.0692. The predicted octanol–water partition coefficient (Wildman–Crippen LogP) is 3.51. The number of hydrogen-bond donors (Lipinski definition) is 1. The number of rotatable bonds is 3. The second kappa shape index (κ2) is 5.67. The summed E-state index contributed by atoms with van der Waals surface area (Å²) in [6, 6.07) is 7.97. The molecule has 2 aromatic carbocycles. The lowest BCUT2D eigenvalue weighted by molar-refractivity contribution is 0.622. The van der Waals surface area contributed by atoms with Gasteiger partial charge in [-0.1, -0.05) is 23.7 Å². The molecule has 0 saturated heterocycles. The van der Waals surface area contributed by atoms with Crippen molar-refractivity contribution < 1.29 is 13.0 Å². The van der Waals surface area contributed by atoms with Crippen molar-refractivity contribution in [2.24, 2.45) is 0 Å². The Kier molecular flexibility index (Phi) is 4.17. The molecule has 0 saturated carbocycles. The van der Waals surface area contributed by atoms with Gasteiger partial charge in [-0.05, 0) is 29.8 Å². The second-order valence-corrected chi connectivity index (χ2v) is 5.75. The molecule has 0 spiro atoms. The van der Waals surface area contributed by atoms with Gasteiger partial charge in [-0.15, -0.1) is 0 Å². The molecule has 2 aromatic rings. The summed E-state index contributed by atoms with van der Waals surface area (Å²) in [6.45, 7) is 0. The predicted molar refractivity (Wildman–Crippen MR) is 72.3 cm³/mol. The van der Waals surface area contributed by atoms with Crippen molar-refractivity contribution in [2.75, 3.05) is 5.73 Å². The summed E-state index contributed by atoms with van der Waals surface area (Å²) in [5.41, 5.74) is 6.08. The van der Waals surface area contributed by atoms with Crippen molar-refractivity contribution in [3.63, 3.8) is 0 Å². The van der Waals surface area contributed by atoms with Crippen molar-refractivity contribution in [1.29, 1.82) is 0 Å². The average molecular weight is 302 g/mol. The number of nitrogens with two attached hydrogens (primary N) is 1. The summed E-state index contributed by atoms with van der Waals surface area (Å²) >= 11 is 5.78. The fraction of sp³-hybridized carbons (Fsp3) is 0.0769. The molecule has 0 radical (unpaired) electrons. The van der Waals surface area contributed by atoms with Crippen LogP contribution in [0, 0.1) is 11.6 Å². The first-order valence-electron chi connectivity index (χ1n) is 5.34. The molecule has 0 bridgehead atoms. The Bertz CT molecular complexity index is 628. The van der Waals surface area contributed by atoms with Crippen LogP contribution in [0.25, 0.3) is 0 Å². The first-order chi connectivity index (χ1) is 8.97. The van der Waals surface area contributed by atoms with Crippen LogP contribution in [0.5, 0.6) is 0 Å². The SMILES string of the molecule is Nc1cc(F)cc(S(=O)Cc2cccc(F)c2Cl)c1. The van der Waals surface area contributed by atoms with Gasteiger partial charge in [0.2, 0.25) is 0 Å². The number of nitrogen functional groups attached to an aromatic ring is 1. The summed E-state index contributed by atoms with van der Waals surface area (Å²) in [7, 11) is -1.54. The molecule has 2 N–H and O–H groups in total. The number of anilines is 1. The van der Waals surface area contributed by atoms with Crippen LogP contribution in [-0.2, 0) is 16.6 Å². The first kappa shape index (κ1) is 14.0. The molecule has 0 aliphatic heterocycles. The van der Waals surface area contributed by atoms with E-state index in [1.807, 2.05) is 0 Å². The Morgan fingerprint density at radius 3 is 2.63 bits per heavy atom. The maximum absolute atomic E-state index is 13.2. The Labute approximate surface area is 116 Å². The van der Waals surface area contributed by atoms with Crippen LogP contribution in [0.4, 0.5) is 14.5 Å². The van der Waals surface area contributed by atoms with Gasteiger partial charge in [0.25, 0.3) is 0 Å². The van der Waals surface area contributed by atoms with Crippen molar-refractivity contribution in [1.82, 2.24) is 0 Å². The van der Waals surface area contributed by atoms with E-state index in [-0.39, 0.29) is 21.4 Å². The molecule has 6 heteroatoms. The Hall–Kier alpha value is -1.46. The van der Waals surface area contributed by atoms with Gasteiger partial charge >= 0.3 is 0 Å². The van der Waals surface area contributed by atoms with E-state index in [0.29, 0.717) is 5.56 Å². The molecular formula is C13H10ClF2NOS. The van der Waals surface area contributed by atoms with Gasteiger partial charge in [0.1, 0.15) is 11.6 Å². The number of hydrogen-bond acceptors (Lipinski definition) is 2. The first-order valence-corrected chi connectivity index (χ1v) is 7.04. The largest absolute Gasteiger partial charge is 0.399 e. The Morgan fingerprint density at radius 2 is 1.95 bits per heavy atom. The van der Waals surface area contributed by atoms with Gasteiger partial charge in [0, 0.05) is 10.6 Å². The van der Waals surface area contributed by atoms with E-state index in [2.05, 4.69) is 0 Å². The Balaban J connectivity index is 2.28. The summed E-state index contributed by atoms with van der Waals surface area (Å²) < 4.78 is 38.5. The monoisotopic (exact) mass is 301 g/mol. The fourth-order valence-corrected chi connectivity index (χ4v) is 3.07. The highest BCUT2D eigenvalue weighted by Gasteiger charge is 2.12. The van der Waals surface area contributed by atoms with Crippen molar-refractivity contribution in [3.05, 3.63) is 58.6 Å². The minimum Gasteiger partial charge on any atom is -0.399 e. The summed E-state index contributed by atoms with van der Waals surface area (Å²) in [4.78, 5) is 0.248. The molecule has 100 valence electrons. The molecule has 19 heavy (non-hydrogen) atoms. The van der Waals surface area contributed by atoms with Crippen molar-refractivity contribution >= 4 is 28.1 Å². The molecule has 1 atom stereocenters. The number of halogens is 3. The molecule has 0 amide bonds. The van der Waals surface area contributed by atoms with Gasteiger partial charge in [-0.3, -0.25) is 4.21 Å². The third-order valence-electron chi connectivity index (χ3n) is 2.47. The maximum Gasteiger partial charge on any atom is 0.142 e. The van der Waals surface area contributed by atoms with E-state index in [4.69, 9.17) is 17.3 Å². The normalized spacial score (nSPS) is 12.4. The minimum absolute atomic E-state index is 0.000509. The summed E-state index contributed by atoms with van der Waals surface area (Å²) in [5.74, 6) is -1.14. The van der Waals surface area contributed by atoms with Gasteiger partial charge < -0.3 is 5.73 Å². The zero-order valence-corrected chi connectivity index (χ0v) is 11.3. The van der Waals surface area contributed by atoms with E-state index in [1.54, 1.807) is 6.07 Å². The van der Waals surface area contributed by atoms with Crippen molar-refractivity contribution in [2.45, 2.75) is 10.6 Å². The van der Waals surface area contributed by atoms with Crippen LogP contribution >= 0.6 is 11.6 Å². The lowest BCUT2D eigenvalue weighted by Crippen LogP contribution is -2.00. The van der Waals surface area contributed by atoms with Crippen LogP contribution < -0.4 is 5.73 Å². The topological polar surface area (TPSA) is 43.1 Å². The van der Waals surface area contributed by atoms with Gasteiger partial charge in [-0.2, -0.15) is 0 Å². The second-order valence-electron chi connectivity index (χ2n) is 3.92. The molecule has 0 aliphatic carbocycles. The molecule has 2 nitrogen and oxygen atoms in total. The van der Waals surface area contributed by atoms with E-state index in [1.165, 1.54) is 18.2 Å². The van der Waals surface area contributed by atoms with E-state index in [9.17, 15) is 13.0 Å². The highest BCUT2D eigenvalue weighted by Crippen LogP contribution is 2.23. The lowest BCUT2D eigenvalue weighted by Gasteiger charge is -2.06. The molecule has 2 rings (SSSR count). The highest BCUT2D eigenvalue weighted by molar-refractivity contribution is 7.84. The van der Waals surface area contributed by atoms with Crippen LogP contribution in [0.1, 0.15) is 5.56 Å². The Morgan fingerprint density at radius 1 is 1.21 bits per heavy atom. The molecule has 1 unspecified atom stereocenters. The lowest BCUT2D eigenvalue weighted by atomic mass is 10.2. The molecular weight excluding hydrogens is 292 g/mol. The third kappa shape index (κ3) is 3.30. The molecule has 0 aliphatic rings. The van der Waals surface area contributed by atoms with Crippen molar-refractivity contribution in [3.8, 4) is 0 Å². The molecule has 0 aromatic heterocycles. The van der Waals surface area contributed by atoms with Crippen LogP contribution in [0.15, 0.2) is 41.3 Å². The molecule has 0 fully saturated rings. The average Bonchev–Trinajstić information content (AvgIpc) is 2.33. The third-order valence-corrected chi connectivity index (χ3v) is 4.23. The zero-order chi connectivity index (χ0) is 14.0. The van der Waals surface area contributed by atoms with Crippen LogP contribution in [-0.4, -0.2) is 4.21 Å². The maximum atomic E-state index is 13.2. The zero-order valence-electron chi connectivity index (χ0n) is 9.70. The summed E-state index contributed by atoms with van der Waals surface area (Å²) in [6.07, 6.45) is 0. The quantitative estimate of drug-likeness (QED) is 0.882. The number of benzene rings is 2. The van der Waals surface area contributed by atoms with E-state index in [0.717, 1.165) is 12.1 Å². The van der Waals surface area contributed by atoms with Gasteiger partial charge in [-0.25, -0.2) is 8.78 Å². The highest BCUT2D eigenvalue weighted by atomic mass is 35.5. The standard InChI is InChI=1S/C13H10ClF2NOS/c14-13-8(2-1-3-12(13)16)7-19(18)11-5-9(15)4-10(17)6-11/h1-6H,7,17H2. The van der Waals surface area contributed by atoms with Gasteiger partial charge in [0.15, 0.2) is 0 Å². The van der Waals surface area contributed by atoms with Crippen LogP contribution in [0.2, 0.25) is 5.02 Å². The van der Waals surface area contributed by atoms with Gasteiger partial charge in [0.05, 0.1) is 21.6 Å². The fourth-order valence-electron chi connectivity index (χ4n) is 1.60. The minimum atomic E-state index is -1.54. The van der Waals surface area contributed by atoms with E-state index < -0.39 is 22.4 Å². The molecule has 0 heterocycles. The smallest absolute Gasteiger partial charge is 0.142 e.